The molecule has 2 rings (SSSR count). The number of Topliss-reactive ketones (excluding diaryl/α,β-unsaturated/α-hetero) is 1. The monoisotopic (exact) mass is 330 g/mol. The number of hydrogen-bond donors (Lipinski definition) is 1. The number of aliphatic hydroxyl groups excluding tert-OH is 1. The van der Waals surface area contributed by atoms with Crippen LogP contribution in [0.2, 0.25) is 0 Å². The third-order valence-corrected chi connectivity index (χ3v) is 2.90. The number of esters is 1. The number of rotatable bonds is 1. The van der Waals surface area contributed by atoms with Gasteiger partial charge in [0, 0.05) is 3.57 Å². The summed E-state index contributed by atoms with van der Waals surface area (Å²) in [6, 6.07) is 6.96. The van der Waals surface area contributed by atoms with Gasteiger partial charge in [-0.15, -0.1) is 0 Å². The Kier molecular flexibility index (Phi) is 2.95. The van der Waals surface area contributed by atoms with Crippen LogP contribution in [0.3, 0.4) is 0 Å². The Bertz CT molecular complexity index is 487. The molecule has 0 atom stereocenters. The van der Waals surface area contributed by atoms with Crippen LogP contribution >= 0.6 is 22.6 Å². The summed E-state index contributed by atoms with van der Waals surface area (Å²) < 4.78 is 5.49. The molecule has 1 aromatic rings. The summed E-state index contributed by atoms with van der Waals surface area (Å²) in [6.45, 7) is -0.315. The molecule has 1 aliphatic rings. The van der Waals surface area contributed by atoms with Crippen LogP contribution in [0.4, 0.5) is 0 Å². The molecule has 0 bridgehead atoms. The molecule has 1 heterocycles. The second kappa shape index (κ2) is 4.25. The predicted molar refractivity (Wildman–Crippen MR) is 64.7 cm³/mol. The average molecular weight is 330 g/mol. The van der Waals surface area contributed by atoms with Crippen molar-refractivity contribution in [1.82, 2.24) is 0 Å². The van der Waals surface area contributed by atoms with Gasteiger partial charge in [0.05, 0.1) is 5.57 Å². The zero-order valence-corrected chi connectivity index (χ0v) is 10.2. The van der Waals surface area contributed by atoms with Crippen molar-refractivity contribution in [3.05, 3.63) is 39.2 Å². The molecule has 1 N–H and O–H groups in total. The Labute approximate surface area is 105 Å². The van der Waals surface area contributed by atoms with Gasteiger partial charge in [-0.1, -0.05) is 12.1 Å². The van der Waals surface area contributed by atoms with Gasteiger partial charge in [-0.25, -0.2) is 4.79 Å². The summed E-state index contributed by atoms with van der Waals surface area (Å²) in [7, 11) is 0. The van der Waals surface area contributed by atoms with Crippen molar-refractivity contribution < 1.29 is 19.4 Å². The van der Waals surface area contributed by atoms with E-state index >= 15 is 0 Å². The van der Waals surface area contributed by atoms with Crippen LogP contribution in [0.15, 0.2) is 30.0 Å². The lowest BCUT2D eigenvalue weighted by molar-refractivity contribution is -0.147. The molecule has 16 heavy (non-hydrogen) atoms. The zero-order chi connectivity index (χ0) is 11.7. The molecule has 0 saturated heterocycles. The van der Waals surface area contributed by atoms with E-state index in [1.165, 1.54) is 0 Å². The lowest BCUT2D eigenvalue weighted by Gasteiger charge is -2.14. The van der Waals surface area contributed by atoms with E-state index < -0.39 is 17.5 Å². The van der Waals surface area contributed by atoms with Gasteiger partial charge in [-0.05, 0) is 40.3 Å². The average Bonchev–Trinajstić information content (AvgIpc) is 2.27. The Balaban J connectivity index is 2.52. The van der Waals surface area contributed by atoms with Gasteiger partial charge in [-0.3, -0.25) is 4.79 Å². The van der Waals surface area contributed by atoms with Crippen molar-refractivity contribution in [2.75, 3.05) is 6.61 Å². The van der Waals surface area contributed by atoms with Gasteiger partial charge in [-0.2, -0.15) is 0 Å². The van der Waals surface area contributed by atoms with Gasteiger partial charge >= 0.3 is 5.97 Å². The number of aliphatic hydroxyl groups is 1. The van der Waals surface area contributed by atoms with E-state index in [4.69, 9.17) is 0 Å². The van der Waals surface area contributed by atoms with Crippen molar-refractivity contribution in [2.24, 2.45) is 0 Å². The van der Waals surface area contributed by atoms with Gasteiger partial charge in [0.15, 0.2) is 6.61 Å². The van der Waals surface area contributed by atoms with Crippen LogP contribution < -0.4 is 0 Å². The molecular formula is C11H7IO4. The Morgan fingerprint density at radius 2 is 1.81 bits per heavy atom. The summed E-state index contributed by atoms with van der Waals surface area (Å²) >= 11 is 2.13. The molecule has 0 spiro atoms. The summed E-state index contributed by atoms with van der Waals surface area (Å²) in [5, 5.41) is 9.51. The summed E-state index contributed by atoms with van der Waals surface area (Å²) in [4.78, 5) is 22.6. The number of carbonyl (C=O) groups excluding carboxylic acids is 2. The number of benzene rings is 1. The van der Waals surface area contributed by atoms with Gasteiger partial charge in [0.2, 0.25) is 11.5 Å². The van der Waals surface area contributed by atoms with Crippen LogP contribution in [0.5, 0.6) is 0 Å². The minimum absolute atomic E-state index is 0.0349. The number of carbonyl (C=O) groups is 2. The maximum Gasteiger partial charge on any atom is 0.374 e. The smallest absolute Gasteiger partial charge is 0.374 e. The minimum Gasteiger partial charge on any atom is -0.501 e. The molecule has 0 aromatic heterocycles. The highest BCUT2D eigenvalue weighted by atomic mass is 127. The molecule has 0 amide bonds. The lowest BCUT2D eigenvalue weighted by atomic mass is 9.99. The largest absolute Gasteiger partial charge is 0.501 e. The number of ether oxygens (including phenoxy) is 1. The second-order valence-corrected chi connectivity index (χ2v) is 4.48. The van der Waals surface area contributed by atoms with E-state index in [9.17, 15) is 14.7 Å². The zero-order valence-electron chi connectivity index (χ0n) is 8.07. The van der Waals surface area contributed by atoms with Crippen molar-refractivity contribution in [1.29, 1.82) is 0 Å². The van der Waals surface area contributed by atoms with Gasteiger partial charge in [0.1, 0.15) is 0 Å². The highest BCUT2D eigenvalue weighted by Gasteiger charge is 2.28. The lowest BCUT2D eigenvalue weighted by Crippen LogP contribution is -2.25. The fourth-order valence-corrected chi connectivity index (χ4v) is 1.78. The minimum atomic E-state index is -0.854. The van der Waals surface area contributed by atoms with Crippen molar-refractivity contribution in [3.8, 4) is 0 Å². The summed E-state index contributed by atoms with van der Waals surface area (Å²) in [5.74, 6) is -1.86. The molecule has 0 radical (unpaired) electrons. The third kappa shape index (κ3) is 1.95. The van der Waals surface area contributed by atoms with Gasteiger partial charge < -0.3 is 9.84 Å². The van der Waals surface area contributed by atoms with E-state index in [1.807, 2.05) is 0 Å². The highest BCUT2D eigenvalue weighted by Crippen LogP contribution is 2.23. The number of hydrogen-bond acceptors (Lipinski definition) is 4. The quantitative estimate of drug-likeness (QED) is 0.629. The van der Waals surface area contributed by atoms with Crippen LogP contribution in [0, 0.1) is 3.57 Å². The molecule has 82 valence electrons. The predicted octanol–water partition coefficient (Wildman–Crippen LogP) is 1.69. The van der Waals surface area contributed by atoms with Crippen molar-refractivity contribution in [3.63, 3.8) is 0 Å². The summed E-state index contributed by atoms with van der Waals surface area (Å²) in [6.07, 6.45) is 0. The summed E-state index contributed by atoms with van der Waals surface area (Å²) in [5.41, 5.74) is 0.562. The van der Waals surface area contributed by atoms with Crippen LogP contribution in [-0.2, 0) is 14.3 Å². The third-order valence-electron chi connectivity index (χ3n) is 2.18. The van der Waals surface area contributed by atoms with E-state index in [0.717, 1.165) is 3.57 Å². The maximum absolute atomic E-state index is 11.5. The maximum atomic E-state index is 11.5. The number of cyclic esters (lactones) is 1. The van der Waals surface area contributed by atoms with Crippen LogP contribution in [0.25, 0.3) is 5.57 Å². The van der Waals surface area contributed by atoms with E-state index in [2.05, 4.69) is 27.3 Å². The fraction of sp³-hybridized carbons (Fsp3) is 0.0909. The molecular weight excluding hydrogens is 323 g/mol. The molecule has 1 aromatic carbocycles. The normalized spacial score (nSPS) is 16.3. The fourth-order valence-electron chi connectivity index (χ4n) is 1.42. The highest BCUT2D eigenvalue weighted by molar-refractivity contribution is 14.1. The van der Waals surface area contributed by atoms with E-state index in [0.29, 0.717) is 5.56 Å². The molecule has 0 saturated carbocycles. The molecule has 0 fully saturated rings. The number of ketones is 1. The first-order valence-electron chi connectivity index (χ1n) is 4.49. The first kappa shape index (κ1) is 11.1. The first-order chi connectivity index (χ1) is 7.59. The van der Waals surface area contributed by atoms with E-state index in [-0.39, 0.29) is 12.2 Å². The molecule has 4 nitrogen and oxygen atoms in total. The van der Waals surface area contributed by atoms with E-state index in [1.54, 1.807) is 24.3 Å². The Morgan fingerprint density at radius 3 is 2.44 bits per heavy atom. The topological polar surface area (TPSA) is 63.6 Å². The standard InChI is InChI=1S/C11H7IO4/c12-7-3-1-6(2-4-7)9-8(13)5-16-11(15)10(9)14/h1-4,14H,5H2. The Hall–Kier alpha value is -1.37. The van der Waals surface area contributed by atoms with Crippen LogP contribution in [0.1, 0.15) is 5.56 Å². The molecule has 0 aliphatic carbocycles. The Morgan fingerprint density at radius 1 is 1.19 bits per heavy atom. The SMILES string of the molecule is O=C1COC(=O)C(O)=C1c1ccc(I)cc1. The molecule has 5 heteroatoms. The van der Waals surface area contributed by atoms with Crippen molar-refractivity contribution >= 4 is 39.9 Å². The molecule has 0 unspecified atom stereocenters. The first-order valence-corrected chi connectivity index (χ1v) is 5.57. The van der Waals surface area contributed by atoms with Crippen molar-refractivity contribution in [2.45, 2.75) is 0 Å². The van der Waals surface area contributed by atoms with Crippen LogP contribution in [-0.4, -0.2) is 23.5 Å². The molecule has 1 aliphatic heterocycles. The number of halogens is 1. The second-order valence-electron chi connectivity index (χ2n) is 3.23. The van der Waals surface area contributed by atoms with Gasteiger partial charge in [0.25, 0.3) is 0 Å².